The molecule has 1 aromatic heterocycles. The molecule has 0 radical (unpaired) electrons. The molecule has 21 heavy (non-hydrogen) atoms. The molecule has 1 aromatic rings. The van der Waals surface area contributed by atoms with Gasteiger partial charge in [0.1, 0.15) is 12.2 Å². The second-order valence-electron chi connectivity index (χ2n) is 6.05. The van der Waals surface area contributed by atoms with E-state index in [0.29, 0.717) is 6.54 Å². The van der Waals surface area contributed by atoms with Crippen LogP contribution in [0.4, 0.5) is 0 Å². The van der Waals surface area contributed by atoms with Crippen LogP contribution in [0.2, 0.25) is 0 Å². The zero-order valence-electron chi connectivity index (χ0n) is 12.9. The second-order valence-corrected chi connectivity index (χ2v) is 6.05. The zero-order chi connectivity index (χ0) is 15.6. The van der Waals surface area contributed by atoms with Crippen molar-refractivity contribution < 1.29 is 14.7 Å². The number of carboxylic acids is 1. The minimum Gasteiger partial charge on any atom is -0.477 e. The molecule has 1 fully saturated rings. The summed E-state index contributed by atoms with van der Waals surface area (Å²) in [6, 6.07) is 3.15. The van der Waals surface area contributed by atoms with Gasteiger partial charge < -0.3 is 19.5 Å². The van der Waals surface area contributed by atoms with Gasteiger partial charge >= 0.3 is 5.97 Å². The van der Waals surface area contributed by atoms with E-state index in [4.69, 9.17) is 5.11 Å². The van der Waals surface area contributed by atoms with Crippen LogP contribution in [-0.4, -0.2) is 64.6 Å². The first-order valence-electron chi connectivity index (χ1n) is 7.15. The standard InChI is InChI=1S/C15H23N3O3/c1-16(2)15(7-5-8-15)11-17(3)13(19)10-18-9-4-6-12(18)14(20)21/h4,6,9H,5,7-8,10-11H2,1-3H3,(H,20,21). The maximum absolute atomic E-state index is 12.3. The molecule has 116 valence electrons. The highest BCUT2D eigenvalue weighted by atomic mass is 16.4. The van der Waals surface area contributed by atoms with Gasteiger partial charge in [0.15, 0.2) is 0 Å². The van der Waals surface area contributed by atoms with Crippen molar-refractivity contribution in [1.82, 2.24) is 14.4 Å². The van der Waals surface area contributed by atoms with Crippen LogP contribution in [0.3, 0.4) is 0 Å². The molecule has 1 aliphatic carbocycles. The summed E-state index contributed by atoms with van der Waals surface area (Å²) in [5.74, 6) is -1.08. The fraction of sp³-hybridized carbons (Fsp3) is 0.600. The van der Waals surface area contributed by atoms with Gasteiger partial charge in [-0.25, -0.2) is 4.79 Å². The molecule has 6 heteroatoms. The lowest BCUT2D eigenvalue weighted by Crippen LogP contribution is -2.57. The first kappa shape index (κ1) is 15.6. The first-order valence-corrected chi connectivity index (χ1v) is 7.15. The Balaban J connectivity index is 2.00. The number of carboxylic acid groups (broad SMARTS) is 1. The smallest absolute Gasteiger partial charge is 0.352 e. The molecule has 1 aliphatic rings. The highest BCUT2D eigenvalue weighted by Crippen LogP contribution is 2.36. The fourth-order valence-electron chi connectivity index (χ4n) is 2.87. The fourth-order valence-corrected chi connectivity index (χ4v) is 2.87. The van der Waals surface area contributed by atoms with E-state index in [0.717, 1.165) is 12.8 Å². The third kappa shape index (κ3) is 3.10. The average Bonchev–Trinajstić information content (AvgIpc) is 2.81. The second kappa shape index (κ2) is 5.89. The molecule has 0 atom stereocenters. The van der Waals surface area contributed by atoms with Crippen LogP contribution < -0.4 is 0 Å². The van der Waals surface area contributed by atoms with Crippen LogP contribution in [-0.2, 0) is 11.3 Å². The van der Waals surface area contributed by atoms with Gasteiger partial charge in [-0.15, -0.1) is 0 Å². The Labute approximate surface area is 124 Å². The van der Waals surface area contributed by atoms with E-state index in [1.165, 1.54) is 17.1 Å². The number of likely N-dealkylation sites (N-methyl/N-ethyl adjacent to an activating group) is 2. The first-order chi connectivity index (χ1) is 9.85. The molecule has 0 unspecified atom stereocenters. The van der Waals surface area contributed by atoms with Crippen LogP contribution in [0.1, 0.15) is 29.8 Å². The van der Waals surface area contributed by atoms with Gasteiger partial charge in [0.2, 0.25) is 5.91 Å². The summed E-state index contributed by atoms with van der Waals surface area (Å²) in [4.78, 5) is 27.3. The van der Waals surface area contributed by atoms with Crippen LogP contribution in [0.5, 0.6) is 0 Å². The van der Waals surface area contributed by atoms with Gasteiger partial charge in [-0.1, -0.05) is 0 Å². The summed E-state index contributed by atoms with van der Waals surface area (Å²) in [5, 5.41) is 9.06. The van der Waals surface area contributed by atoms with Gasteiger partial charge in [0, 0.05) is 25.3 Å². The Bertz CT molecular complexity index is 532. The lowest BCUT2D eigenvalue weighted by atomic mass is 9.75. The van der Waals surface area contributed by atoms with Crippen LogP contribution in [0, 0.1) is 0 Å². The number of rotatable bonds is 6. The molecule has 0 aliphatic heterocycles. The van der Waals surface area contributed by atoms with E-state index in [1.807, 2.05) is 14.1 Å². The van der Waals surface area contributed by atoms with Crippen molar-refractivity contribution in [2.75, 3.05) is 27.7 Å². The van der Waals surface area contributed by atoms with Crippen molar-refractivity contribution in [1.29, 1.82) is 0 Å². The van der Waals surface area contributed by atoms with Gasteiger partial charge in [-0.05, 0) is 45.5 Å². The largest absolute Gasteiger partial charge is 0.477 e. The number of carbonyl (C=O) groups excluding carboxylic acids is 1. The molecule has 0 aromatic carbocycles. The average molecular weight is 293 g/mol. The Morgan fingerprint density at radius 2 is 2.00 bits per heavy atom. The normalized spacial score (nSPS) is 16.6. The van der Waals surface area contributed by atoms with E-state index >= 15 is 0 Å². The topological polar surface area (TPSA) is 65.8 Å². The summed E-state index contributed by atoms with van der Waals surface area (Å²) in [6.07, 6.45) is 5.02. The Morgan fingerprint density at radius 3 is 2.48 bits per heavy atom. The highest BCUT2D eigenvalue weighted by Gasteiger charge is 2.40. The molecule has 0 bridgehead atoms. The summed E-state index contributed by atoms with van der Waals surface area (Å²) in [5.41, 5.74) is 0.221. The SMILES string of the molecule is CN(CC1(N(C)C)CCC1)C(=O)Cn1cccc1C(=O)O. The molecule has 1 N–H and O–H groups in total. The number of nitrogens with zero attached hydrogens (tertiary/aromatic N) is 3. The number of amides is 1. The van der Waals surface area contributed by atoms with Crippen LogP contribution >= 0.6 is 0 Å². The molecule has 0 spiro atoms. The number of aromatic nitrogens is 1. The van der Waals surface area contributed by atoms with Crippen molar-refractivity contribution >= 4 is 11.9 Å². The Hall–Kier alpha value is -1.82. The third-order valence-corrected chi connectivity index (χ3v) is 4.54. The van der Waals surface area contributed by atoms with E-state index in [1.54, 1.807) is 24.2 Å². The monoisotopic (exact) mass is 293 g/mol. The molecule has 1 amide bonds. The predicted molar refractivity (Wildman–Crippen MR) is 79.3 cm³/mol. The molecule has 1 heterocycles. The van der Waals surface area contributed by atoms with Crippen molar-refractivity contribution in [2.45, 2.75) is 31.3 Å². The number of hydrogen-bond donors (Lipinski definition) is 1. The quantitative estimate of drug-likeness (QED) is 0.854. The van der Waals surface area contributed by atoms with E-state index in [-0.39, 0.29) is 23.7 Å². The van der Waals surface area contributed by atoms with Gasteiger partial charge in [-0.3, -0.25) is 4.79 Å². The van der Waals surface area contributed by atoms with Crippen molar-refractivity contribution in [3.63, 3.8) is 0 Å². The number of hydrogen-bond acceptors (Lipinski definition) is 3. The van der Waals surface area contributed by atoms with Crippen LogP contribution in [0.15, 0.2) is 18.3 Å². The maximum Gasteiger partial charge on any atom is 0.352 e. The van der Waals surface area contributed by atoms with Gasteiger partial charge in [-0.2, -0.15) is 0 Å². The molecule has 2 rings (SSSR count). The molecular formula is C15H23N3O3. The maximum atomic E-state index is 12.3. The molecule has 1 saturated carbocycles. The van der Waals surface area contributed by atoms with E-state index < -0.39 is 5.97 Å². The lowest BCUT2D eigenvalue weighted by molar-refractivity contribution is -0.133. The summed E-state index contributed by atoms with van der Waals surface area (Å²) in [6.45, 7) is 0.747. The zero-order valence-corrected chi connectivity index (χ0v) is 12.9. The van der Waals surface area contributed by atoms with Crippen molar-refractivity contribution in [2.24, 2.45) is 0 Å². The number of aromatic carboxylic acids is 1. The predicted octanol–water partition coefficient (Wildman–Crippen LogP) is 1.13. The summed E-state index contributed by atoms with van der Waals surface area (Å²) < 4.78 is 1.48. The highest BCUT2D eigenvalue weighted by molar-refractivity contribution is 5.86. The third-order valence-electron chi connectivity index (χ3n) is 4.54. The minimum atomic E-state index is -1.01. The molecule has 6 nitrogen and oxygen atoms in total. The van der Waals surface area contributed by atoms with Crippen LogP contribution in [0.25, 0.3) is 0 Å². The summed E-state index contributed by atoms with van der Waals surface area (Å²) in [7, 11) is 5.88. The molecular weight excluding hydrogens is 270 g/mol. The minimum absolute atomic E-state index is 0.0641. The van der Waals surface area contributed by atoms with Gasteiger partial charge in [0.25, 0.3) is 0 Å². The Morgan fingerprint density at radius 1 is 1.33 bits per heavy atom. The van der Waals surface area contributed by atoms with Gasteiger partial charge in [0.05, 0.1) is 0 Å². The van der Waals surface area contributed by atoms with Crippen molar-refractivity contribution in [3.8, 4) is 0 Å². The van der Waals surface area contributed by atoms with Crippen molar-refractivity contribution in [3.05, 3.63) is 24.0 Å². The Kier molecular flexibility index (Phi) is 4.37. The number of carbonyl (C=O) groups is 2. The summed E-state index contributed by atoms with van der Waals surface area (Å²) >= 11 is 0. The molecule has 0 saturated heterocycles. The van der Waals surface area contributed by atoms with E-state index in [2.05, 4.69) is 4.90 Å². The lowest BCUT2D eigenvalue weighted by Gasteiger charge is -2.49. The van der Waals surface area contributed by atoms with E-state index in [9.17, 15) is 9.59 Å².